The van der Waals surface area contributed by atoms with Crippen LogP contribution in [0.3, 0.4) is 0 Å². The minimum atomic E-state index is -6.48. The Hall–Kier alpha value is -9.36. The summed E-state index contributed by atoms with van der Waals surface area (Å²) in [5.74, 6) is -53.7. The van der Waals surface area contributed by atoms with E-state index in [1.54, 1.807) is 19.1 Å². The monoisotopic (exact) mass is 1230 g/mol. The average molecular weight is 1230 g/mol. The molecule has 0 atom stereocenters. The summed E-state index contributed by atoms with van der Waals surface area (Å²) in [7, 11) is 0. The molecular formula is C60H28F22O4. The summed E-state index contributed by atoms with van der Waals surface area (Å²) in [4.78, 5) is 0. The topological polar surface area (TPSA) is 36.9 Å². The molecule has 0 amide bonds. The molecule has 4 nitrogen and oxygen atoms in total. The SMILES string of the molecule is Cc1ccc(Oc2c(F)c(F)c(-c3c(F)c(F)c(Oc4ccc(C(c5ccc(Oc6c(F)c(F)c(-c7c(F)c(F)c(Oc8ccc(-c9cc(C)cc(C)c9)cc8)c(F)c7F)c(F)c6F)cc5)(C(F)(F)F)C(F)(F)F)cc4)c(F)c3F)c(F)c2F)cc1. The summed E-state index contributed by atoms with van der Waals surface area (Å²) in [6.07, 6.45) is -13.0. The molecule has 0 radical (unpaired) electrons. The van der Waals surface area contributed by atoms with Crippen LogP contribution in [-0.2, 0) is 5.41 Å². The van der Waals surface area contributed by atoms with E-state index in [4.69, 9.17) is 18.9 Å². The normalized spacial score (nSPS) is 12.0. The van der Waals surface area contributed by atoms with Gasteiger partial charge in [0.2, 0.25) is 75.0 Å². The van der Waals surface area contributed by atoms with E-state index >= 15 is 96.6 Å². The summed E-state index contributed by atoms with van der Waals surface area (Å²) in [6.45, 7) is 5.19. The van der Waals surface area contributed by atoms with Crippen LogP contribution >= 0.6 is 0 Å². The van der Waals surface area contributed by atoms with E-state index in [0.29, 0.717) is 16.7 Å². The molecule has 0 saturated carbocycles. The quantitative estimate of drug-likeness (QED) is 0.0852. The highest BCUT2D eigenvalue weighted by Crippen LogP contribution is 2.57. The molecule has 0 heterocycles. The van der Waals surface area contributed by atoms with Gasteiger partial charge in [0.25, 0.3) is 0 Å². The van der Waals surface area contributed by atoms with Crippen LogP contribution in [0.25, 0.3) is 33.4 Å². The van der Waals surface area contributed by atoms with Crippen molar-refractivity contribution in [1.29, 1.82) is 0 Å². The van der Waals surface area contributed by atoms with Gasteiger partial charge in [0, 0.05) is 0 Å². The van der Waals surface area contributed by atoms with Crippen LogP contribution in [0.1, 0.15) is 27.8 Å². The number of halogens is 22. The zero-order valence-electron chi connectivity index (χ0n) is 42.9. The van der Waals surface area contributed by atoms with Gasteiger partial charge in [-0.05, 0) is 91.6 Å². The molecule has 0 N–H and O–H groups in total. The third kappa shape index (κ3) is 10.5. The van der Waals surface area contributed by atoms with Crippen LogP contribution in [0.2, 0.25) is 0 Å². The number of rotatable bonds is 13. The van der Waals surface area contributed by atoms with Crippen LogP contribution < -0.4 is 18.9 Å². The highest BCUT2D eigenvalue weighted by molar-refractivity contribution is 5.72. The van der Waals surface area contributed by atoms with Crippen molar-refractivity contribution in [3.63, 3.8) is 0 Å². The smallest absolute Gasteiger partial charge is 0.411 e. The largest absolute Gasteiger partial charge is 0.451 e. The van der Waals surface area contributed by atoms with E-state index < -0.39 is 190 Å². The molecule has 86 heavy (non-hydrogen) atoms. The van der Waals surface area contributed by atoms with Crippen LogP contribution in [0, 0.1) is 114 Å². The first-order chi connectivity index (χ1) is 40.3. The minimum absolute atomic E-state index is 0.0389. The van der Waals surface area contributed by atoms with Crippen molar-refractivity contribution in [2.45, 2.75) is 38.5 Å². The van der Waals surface area contributed by atoms with Crippen LogP contribution in [-0.4, -0.2) is 12.4 Å². The van der Waals surface area contributed by atoms with E-state index in [0.717, 1.165) is 35.4 Å². The first-order valence-corrected chi connectivity index (χ1v) is 24.1. The van der Waals surface area contributed by atoms with E-state index in [2.05, 4.69) is 0 Å². The van der Waals surface area contributed by atoms with Gasteiger partial charge < -0.3 is 18.9 Å². The Bertz CT molecular complexity index is 4010. The second-order valence-electron chi connectivity index (χ2n) is 18.8. The van der Waals surface area contributed by atoms with Gasteiger partial charge in [-0.2, -0.15) is 61.5 Å². The van der Waals surface area contributed by atoms with Gasteiger partial charge in [-0.1, -0.05) is 83.4 Å². The maximum absolute atomic E-state index is 15.6. The fourth-order valence-electron chi connectivity index (χ4n) is 9.15. The van der Waals surface area contributed by atoms with Crippen molar-refractivity contribution in [1.82, 2.24) is 0 Å². The summed E-state index contributed by atoms with van der Waals surface area (Å²) >= 11 is 0. The molecular weight excluding hydrogens is 1200 g/mol. The Kier molecular flexibility index (Phi) is 16.1. The van der Waals surface area contributed by atoms with E-state index in [9.17, 15) is 0 Å². The standard InChI is InChI=1S/C60H28F22O4/c1-23-4-12-30(13-5-23)83-54-46(69)38(61)34(39(62)47(54)70)36-42(65)50(73)56(51(74)43(36)66)85-32-16-8-28(9-17-32)58(59(77,78)79,60(80,81)82)29-10-18-33(19-11-29)86-57-52(75)44(67)37(45(68)53(57)76)35-40(63)48(71)55(49(72)41(35)64)84-31-14-6-26(7-15-31)27-21-24(2)20-25(3)22-27/h4-22H,1-3H3. The first-order valence-electron chi connectivity index (χ1n) is 24.1. The van der Waals surface area contributed by atoms with Gasteiger partial charge in [-0.3, -0.25) is 0 Å². The van der Waals surface area contributed by atoms with Gasteiger partial charge >= 0.3 is 12.4 Å². The average Bonchev–Trinajstić information content (AvgIpc) is 0.794. The lowest BCUT2D eigenvalue weighted by molar-refractivity contribution is -0.288. The maximum Gasteiger partial charge on any atom is 0.411 e. The Morgan fingerprint density at radius 2 is 0.465 bits per heavy atom. The Morgan fingerprint density at radius 3 is 0.698 bits per heavy atom. The molecule has 0 fully saturated rings. The lowest BCUT2D eigenvalue weighted by Gasteiger charge is -2.38. The third-order valence-electron chi connectivity index (χ3n) is 13.1. The molecule has 0 aliphatic rings. The number of hydrogen-bond donors (Lipinski definition) is 0. The van der Waals surface area contributed by atoms with Crippen LogP contribution in [0.15, 0.2) is 115 Å². The summed E-state index contributed by atoms with van der Waals surface area (Å²) in [6, 6.07) is 15.7. The number of benzene rings is 9. The van der Waals surface area contributed by atoms with Crippen molar-refractivity contribution < 1.29 is 116 Å². The van der Waals surface area contributed by atoms with Gasteiger partial charge in [-0.25, -0.2) is 35.1 Å². The summed E-state index contributed by atoms with van der Waals surface area (Å²) < 4.78 is 357. The molecule has 0 saturated heterocycles. The van der Waals surface area contributed by atoms with Crippen LogP contribution in [0.5, 0.6) is 46.0 Å². The Morgan fingerprint density at radius 1 is 0.244 bits per heavy atom. The third-order valence-corrected chi connectivity index (χ3v) is 13.1. The highest BCUT2D eigenvalue weighted by atomic mass is 19.4. The van der Waals surface area contributed by atoms with Crippen molar-refractivity contribution in [2.24, 2.45) is 0 Å². The molecule has 26 heteroatoms. The molecule has 0 bridgehead atoms. The zero-order valence-corrected chi connectivity index (χ0v) is 42.9. The Balaban J connectivity index is 0.989. The van der Waals surface area contributed by atoms with Crippen molar-refractivity contribution >= 4 is 0 Å². The molecule has 9 rings (SSSR count). The molecule has 9 aromatic rings. The molecule has 0 aliphatic heterocycles. The zero-order chi connectivity index (χ0) is 63.0. The lowest BCUT2D eigenvalue weighted by Crippen LogP contribution is -2.54. The number of hydrogen-bond acceptors (Lipinski definition) is 4. The molecule has 0 unspecified atom stereocenters. The first kappa shape index (κ1) is 61.2. The number of ether oxygens (including phenoxy) is 4. The maximum atomic E-state index is 15.6. The number of aryl methyl sites for hydroxylation is 3. The molecule has 0 aromatic heterocycles. The fourth-order valence-corrected chi connectivity index (χ4v) is 9.15. The minimum Gasteiger partial charge on any atom is -0.451 e. The molecule has 0 aliphatic carbocycles. The van der Waals surface area contributed by atoms with Crippen molar-refractivity contribution in [2.75, 3.05) is 0 Å². The predicted molar refractivity (Wildman–Crippen MR) is 262 cm³/mol. The molecule has 446 valence electrons. The fraction of sp³-hybridized carbons (Fsp3) is 0.100. The molecule has 0 spiro atoms. The summed E-state index contributed by atoms with van der Waals surface area (Å²) in [5, 5.41) is 0. The van der Waals surface area contributed by atoms with E-state index in [1.165, 1.54) is 24.3 Å². The number of alkyl halides is 6. The van der Waals surface area contributed by atoms with Gasteiger partial charge in [0.05, 0.1) is 22.3 Å². The van der Waals surface area contributed by atoms with Gasteiger partial charge in [-0.15, -0.1) is 0 Å². The van der Waals surface area contributed by atoms with Crippen molar-refractivity contribution in [3.8, 4) is 79.4 Å². The van der Waals surface area contributed by atoms with Crippen molar-refractivity contribution in [3.05, 3.63) is 236 Å². The highest BCUT2D eigenvalue weighted by Gasteiger charge is 2.72. The van der Waals surface area contributed by atoms with Crippen LogP contribution in [0.4, 0.5) is 96.6 Å². The van der Waals surface area contributed by atoms with E-state index in [-0.39, 0.29) is 48.5 Å². The Labute approximate surface area is 468 Å². The van der Waals surface area contributed by atoms with Gasteiger partial charge in [0.1, 0.15) is 23.0 Å². The second kappa shape index (κ2) is 22.6. The predicted octanol–water partition coefficient (Wildman–Crippen LogP) is 20.4. The second-order valence-corrected chi connectivity index (χ2v) is 18.8. The lowest BCUT2D eigenvalue weighted by atomic mass is 9.73. The summed E-state index contributed by atoms with van der Waals surface area (Å²) in [5.41, 5.74) is -14.8. The van der Waals surface area contributed by atoms with E-state index in [1.807, 2.05) is 19.9 Å². The van der Waals surface area contributed by atoms with Gasteiger partial charge in [0.15, 0.2) is 46.5 Å². The molecule has 9 aromatic carbocycles.